The molecule has 1 aromatic heterocycles. The van der Waals surface area contributed by atoms with E-state index in [4.69, 9.17) is 35.6 Å². The van der Waals surface area contributed by atoms with Crippen molar-refractivity contribution in [2.75, 3.05) is 5.73 Å². The molecule has 0 atom stereocenters. The van der Waals surface area contributed by atoms with Crippen LogP contribution in [0.15, 0.2) is 24.4 Å². The number of nitrogens with zero attached hydrogens (tertiary/aromatic N) is 1. The van der Waals surface area contributed by atoms with Gasteiger partial charge >= 0.3 is 41.7 Å². The Bertz CT molecular complexity index is 180. The number of rotatable bonds is 0. The van der Waals surface area contributed by atoms with E-state index in [1.165, 1.54) is 0 Å². The molecule has 0 bridgehead atoms. The second-order valence-electron chi connectivity index (χ2n) is 1.45. The Balaban J connectivity index is 0.000000218. The molecule has 6 heteroatoms. The second-order valence-corrected chi connectivity index (χ2v) is 10.2. The van der Waals surface area contributed by atoms with Crippen molar-refractivity contribution in [3.8, 4) is 0 Å². The Morgan fingerprint density at radius 3 is 2.00 bits per heavy atom. The van der Waals surface area contributed by atoms with Gasteiger partial charge in [0.25, 0.3) is 0 Å². The quantitative estimate of drug-likeness (QED) is 0.738. The van der Waals surface area contributed by atoms with Crippen molar-refractivity contribution in [3.05, 3.63) is 24.4 Å². The minimum Gasteiger partial charge on any atom is -0.384 e. The molecule has 0 radical (unpaired) electrons. The fraction of sp³-hybridized carbons (Fsp3) is 0. The van der Waals surface area contributed by atoms with E-state index in [-0.39, 0.29) is 0 Å². The SMILES string of the molecule is Cl[As](Cl)Cl.Nc1ccccn1. The van der Waals surface area contributed by atoms with Gasteiger partial charge in [-0.05, 0) is 12.1 Å². The average Bonchev–Trinajstić information content (AvgIpc) is 1.87. The summed E-state index contributed by atoms with van der Waals surface area (Å²) in [7, 11) is 14.9. The van der Waals surface area contributed by atoms with Crippen molar-refractivity contribution in [1.82, 2.24) is 4.98 Å². The molecule has 0 aliphatic carbocycles. The van der Waals surface area contributed by atoms with Crippen LogP contribution in [0.25, 0.3) is 0 Å². The molecule has 1 rings (SSSR count). The molecule has 2 nitrogen and oxygen atoms in total. The Kier molecular flexibility index (Phi) is 7.29. The maximum atomic E-state index is 5.25. The third kappa shape index (κ3) is 10.4. The minimum atomic E-state index is -1.77. The first-order valence-corrected chi connectivity index (χ1v) is 9.96. The summed E-state index contributed by atoms with van der Waals surface area (Å²) in [5.41, 5.74) is 5.25. The first-order valence-electron chi connectivity index (χ1n) is 2.57. The number of pyridine rings is 1. The summed E-state index contributed by atoms with van der Waals surface area (Å²) in [5, 5.41) is 0. The number of hydrogen-bond donors (Lipinski definition) is 1. The Hall–Kier alpha value is 0.378. The predicted octanol–water partition coefficient (Wildman–Crippen LogP) is 2.35. The number of nitrogen functional groups attached to an aromatic ring is 1. The van der Waals surface area contributed by atoms with Gasteiger partial charge in [0.1, 0.15) is 5.82 Å². The van der Waals surface area contributed by atoms with Gasteiger partial charge in [-0.25, -0.2) is 4.98 Å². The van der Waals surface area contributed by atoms with Crippen molar-refractivity contribution in [1.29, 1.82) is 0 Å². The molecular weight excluding hydrogens is 269 g/mol. The maximum absolute atomic E-state index is 5.25. The monoisotopic (exact) mass is 274 g/mol. The van der Waals surface area contributed by atoms with Gasteiger partial charge in [0.05, 0.1) is 0 Å². The Labute approximate surface area is 82.4 Å². The van der Waals surface area contributed by atoms with Gasteiger partial charge in [0.2, 0.25) is 0 Å². The molecule has 0 saturated heterocycles. The van der Waals surface area contributed by atoms with Gasteiger partial charge in [-0.1, -0.05) is 6.07 Å². The molecule has 0 unspecified atom stereocenters. The smallest absolute Gasteiger partial charge is 0.123 e. The van der Waals surface area contributed by atoms with E-state index in [0.717, 1.165) is 0 Å². The number of halogens is 3. The second kappa shape index (κ2) is 7.05. The van der Waals surface area contributed by atoms with Crippen molar-refractivity contribution >= 4 is 47.5 Å². The predicted molar refractivity (Wildman–Crippen MR) is 52.0 cm³/mol. The van der Waals surface area contributed by atoms with Crippen LogP contribution in [0.1, 0.15) is 0 Å². The number of aromatic nitrogens is 1. The van der Waals surface area contributed by atoms with E-state index in [9.17, 15) is 0 Å². The van der Waals surface area contributed by atoms with Gasteiger partial charge in [-0.15, -0.1) is 0 Å². The Morgan fingerprint density at radius 1 is 1.27 bits per heavy atom. The van der Waals surface area contributed by atoms with Gasteiger partial charge in [0, 0.05) is 6.20 Å². The molecule has 0 aliphatic rings. The van der Waals surface area contributed by atoms with Gasteiger partial charge < -0.3 is 5.73 Å². The van der Waals surface area contributed by atoms with E-state index in [2.05, 4.69) is 4.98 Å². The van der Waals surface area contributed by atoms with Gasteiger partial charge in [-0.3, -0.25) is 0 Å². The summed E-state index contributed by atoms with van der Waals surface area (Å²) < 4.78 is 0. The molecule has 0 amide bonds. The molecule has 0 saturated carbocycles. The number of hydrogen-bond acceptors (Lipinski definition) is 2. The maximum Gasteiger partial charge on any atom is 0.123 e. The fourth-order valence-corrected chi connectivity index (χ4v) is 0.376. The van der Waals surface area contributed by atoms with Crippen LogP contribution < -0.4 is 5.73 Å². The molecular formula is C5H6AsCl3N2. The topological polar surface area (TPSA) is 38.9 Å². The van der Waals surface area contributed by atoms with Crippen LogP contribution in [0.4, 0.5) is 5.82 Å². The number of nitrogens with two attached hydrogens (primary N) is 1. The van der Waals surface area contributed by atoms with Crippen LogP contribution in [0.3, 0.4) is 0 Å². The van der Waals surface area contributed by atoms with Crippen LogP contribution in [0.5, 0.6) is 0 Å². The van der Waals surface area contributed by atoms with Crippen molar-refractivity contribution in [3.63, 3.8) is 0 Å². The Morgan fingerprint density at radius 2 is 1.82 bits per heavy atom. The third-order valence-electron chi connectivity index (χ3n) is 0.688. The van der Waals surface area contributed by atoms with Crippen LogP contribution in [-0.4, -0.2) is 16.8 Å². The molecule has 0 fully saturated rings. The average molecular weight is 275 g/mol. The van der Waals surface area contributed by atoms with E-state index in [0.29, 0.717) is 5.82 Å². The molecule has 0 spiro atoms. The largest absolute Gasteiger partial charge is 0.384 e. The van der Waals surface area contributed by atoms with E-state index < -0.39 is 11.8 Å². The fourth-order valence-electron chi connectivity index (χ4n) is 0.376. The molecule has 62 valence electrons. The summed E-state index contributed by atoms with van der Waals surface area (Å²) >= 11 is -1.77. The summed E-state index contributed by atoms with van der Waals surface area (Å²) in [6, 6.07) is 5.43. The van der Waals surface area contributed by atoms with Crippen LogP contribution in [0, 0.1) is 0 Å². The summed E-state index contributed by atoms with van der Waals surface area (Å²) in [4.78, 5) is 3.76. The van der Waals surface area contributed by atoms with Crippen molar-refractivity contribution in [2.24, 2.45) is 0 Å². The van der Waals surface area contributed by atoms with Crippen LogP contribution >= 0.6 is 29.8 Å². The first-order chi connectivity index (χ1) is 5.13. The van der Waals surface area contributed by atoms with E-state index >= 15 is 0 Å². The minimum absolute atomic E-state index is 0.572. The molecule has 0 aliphatic heterocycles. The molecule has 1 aromatic rings. The summed E-state index contributed by atoms with van der Waals surface area (Å²) in [6.07, 6.45) is 1.66. The molecule has 1 heterocycles. The van der Waals surface area contributed by atoms with Crippen LogP contribution in [-0.2, 0) is 0 Å². The molecule has 2 N–H and O–H groups in total. The summed E-state index contributed by atoms with van der Waals surface area (Å²) in [5.74, 6) is 0.572. The molecule has 0 aromatic carbocycles. The van der Waals surface area contributed by atoms with Crippen LogP contribution in [0.2, 0.25) is 0 Å². The summed E-state index contributed by atoms with van der Waals surface area (Å²) in [6.45, 7) is 0. The zero-order valence-corrected chi connectivity index (χ0v) is 9.56. The zero-order valence-electron chi connectivity index (χ0n) is 5.42. The normalized spacial score (nSPS) is 8.73. The zero-order chi connectivity index (χ0) is 8.69. The molecule has 11 heavy (non-hydrogen) atoms. The van der Waals surface area contributed by atoms with Gasteiger partial charge in [0.15, 0.2) is 0 Å². The van der Waals surface area contributed by atoms with E-state index in [1.807, 2.05) is 12.1 Å². The van der Waals surface area contributed by atoms with Crippen molar-refractivity contribution in [2.45, 2.75) is 0 Å². The van der Waals surface area contributed by atoms with Gasteiger partial charge in [-0.2, -0.15) is 0 Å². The number of anilines is 1. The first kappa shape index (κ1) is 11.4. The standard InChI is InChI=1S/C5H6N2.AsCl3/c6-5-3-1-2-4-7-5;2-1(3)4/h1-4H,(H2,6,7);. The third-order valence-corrected chi connectivity index (χ3v) is 0.688. The van der Waals surface area contributed by atoms with E-state index in [1.54, 1.807) is 12.3 Å². The van der Waals surface area contributed by atoms with Crippen molar-refractivity contribution < 1.29 is 0 Å².